The number of ether oxygens (including phenoxy) is 1. The fourth-order valence-corrected chi connectivity index (χ4v) is 10.7. The molecule has 0 spiro atoms. The van der Waals surface area contributed by atoms with Crippen molar-refractivity contribution in [3.63, 3.8) is 0 Å². The fourth-order valence-electron chi connectivity index (χ4n) is 5.87. The van der Waals surface area contributed by atoms with Crippen LogP contribution >= 0.6 is 0 Å². The number of aliphatic imine (C=N–C) groups is 1. The van der Waals surface area contributed by atoms with Crippen LogP contribution in [-0.2, 0) is 14.0 Å². The van der Waals surface area contributed by atoms with Crippen molar-refractivity contribution in [1.82, 2.24) is 24.4 Å². The van der Waals surface area contributed by atoms with Crippen LogP contribution in [0.25, 0.3) is 11.2 Å². The molecule has 0 bridgehead atoms. The Bertz CT molecular complexity index is 1590. The zero-order valence-corrected chi connectivity index (χ0v) is 26.5. The van der Waals surface area contributed by atoms with Crippen LogP contribution in [0.4, 0.5) is 5.95 Å². The topological polar surface area (TPSA) is 119 Å². The molecule has 2 aromatic heterocycles. The normalized spacial score (nSPS) is 21.0. The lowest BCUT2D eigenvalue weighted by Crippen LogP contribution is -2.68. The van der Waals surface area contributed by atoms with Crippen molar-refractivity contribution in [3.05, 3.63) is 77.3 Å². The van der Waals surface area contributed by atoms with Crippen molar-refractivity contribution in [2.24, 2.45) is 16.1 Å². The summed E-state index contributed by atoms with van der Waals surface area (Å²) < 4.78 is 16.0. The molecule has 4 aromatic rings. The minimum absolute atomic E-state index is 0.145. The van der Waals surface area contributed by atoms with Gasteiger partial charge in [-0.15, -0.1) is 5.16 Å². The maximum Gasteiger partial charge on any atom is 0.280 e. The smallest absolute Gasteiger partial charge is 0.280 e. The van der Waals surface area contributed by atoms with Crippen molar-refractivity contribution < 1.29 is 14.0 Å². The van der Waals surface area contributed by atoms with E-state index < -0.39 is 26.8 Å². The number of hydrogen-bond donors (Lipinski definition) is 1. The van der Waals surface area contributed by atoms with Gasteiger partial charge in [0.2, 0.25) is 5.95 Å². The van der Waals surface area contributed by atoms with Crippen LogP contribution in [0.5, 0.6) is 0 Å². The van der Waals surface area contributed by atoms with E-state index in [1.807, 2.05) is 26.2 Å². The third kappa shape index (κ3) is 5.77. The van der Waals surface area contributed by atoms with Gasteiger partial charge in [0.05, 0.1) is 18.8 Å². The van der Waals surface area contributed by atoms with Gasteiger partial charge in [0.25, 0.3) is 13.9 Å². The van der Waals surface area contributed by atoms with Crippen LogP contribution < -0.4 is 15.9 Å². The third-order valence-corrected chi connectivity index (χ3v) is 12.8. The average Bonchev–Trinajstić information content (AvgIpc) is 3.54. The molecule has 5 rings (SSSR count). The maximum atomic E-state index is 12.9. The van der Waals surface area contributed by atoms with E-state index in [0.29, 0.717) is 5.65 Å². The van der Waals surface area contributed by atoms with Gasteiger partial charge in [-0.2, -0.15) is 4.98 Å². The summed E-state index contributed by atoms with van der Waals surface area (Å²) in [6.45, 7) is 12.4. The summed E-state index contributed by atoms with van der Waals surface area (Å²) in [6.07, 6.45) is 1.72. The van der Waals surface area contributed by atoms with Gasteiger partial charge < -0.3 is 18.9 Å². The maximum absolute atomic E-state index is 12.9. The number of hydrogen-bond acceptors (Lipinski definition) is 8. The van der Waals surface area contributed by atoms with Gasteiger partial charge in [-0.25, -0.2) is 9.98 Å². The highest BCUT2D eigenvalue weighted by Crippen LogP contribution is 2.44. The standard InChI is InChI=1S/C31H39N7O4Si/c1-21-26(42-43(31(2,3)4,22-14-10-8-11-15-22)23-16-12-9-13-17-23)24(18-40-32-5)41-29(21)38-20-33-25-27(38)35-30(36-28(25)39)34-19-37(6)7/h8-17,19-21,24,26,29H,5,18H2,1-4,6-7H3,(H,35,36,39)/b34-19+/t21-,24-,26+,29-/m1/s1. The zero-order valence-electron chi connectivity index (χ0n) is 25.5. The minimum atomic E-state index is -2.95. The lowest BCUT2D eigenvalue weighted by molar-refractivity contribution is -0.0590. The van der Waals surface area contributed by atoms with E-state index in [1.165, 1.54) is 0 Å². The highest BCUT2D eigenvalue weighted by Gasteiger charge is 2.56. The van der Waals surface area contributed by atoms with Crippen molar-refractivity contribution in [2.75, 3.05) is 20.7 Å². The molecule has 4 atom stereocenters. The predicted molar refractivity (Wildman–Crippen MR) is 171 cm³/mol. The summed E-state index contributed by atoms with van der Waals surface area (Å²) in [6, 6.07) is 20.9. The molecule has 43 heavy (non-hydrogen) atoms. The van der Waals surface area contributed by atoms with E-state index in [9.17, 15) is 4.79 Å². The number of H-pyrrole nitrogens is 1. The Hall–Kier alpha value is -4.13. The molecule has 0 radical (unpaired) electrons. The predicted octanol–water partition coefficient (Wildman–Crippen LogP) is 3.45. The van der Waals surface area contributed by atoms with E-state index in [1.54, 1.807) is 22.1 Å². The number of aromatic amines is 1. The molecule has 3 heterocycles. The van der Waals surface area contributed by atoms with Crippen LogP contribution in [0.2, 0.25) is 5.04 Å². The number of oxime groups is 1. The summed E-state index contributed by atoms with van der Waals surface area (Å²) in [5.41, 5.74) is 0.201. The lowest BCUT2D eigenvalue weighted by Gasteiger charge is -2.45. The first-order chi connectivity index (χ1) is 20.6. The Morgan fingerprint density at radius 2 is 1.74 bits per heavy atom. The van der Waals surface area contributed by atoms with E-state index >= 15 is 0 Å². The lowest BCUT2D eigenvalue weighted by atomic mass is 10.0. The highest BCUT2D eigenvalue weighted by molar-refractivity contribution is 6.99. The van der Waals surface area contributed by atoms with Gasteiger partial charge >= 0.3 is 0 Å². The highest BCUT2D eigenvalue weighted by atomic mass is 28.4. The van der Waals surface area contributed by atoms with Crippen molar-refractivity contribution in [1.29, 1.82) is 0 Å². The zero-order chi connectivity index (χ0) is 30.8. The summed E-state index contributed by atoms with van der Waals surface area (Å²) in [5.74, 6) is -0.0123. The molecule has 2 aromatic carbocycles. The number of aromatic nitrogens is 4. The molecular formula is C31H39N7O4Si. The second kappa shape index (κ2) is 12.2. The van der Waals surface area contributed by atoms with Crippen LogP contribution in [0, 0.1) is 5.92 Å². The average molecular weight is 602 g/mol. The first-order valence-electron chi connectivity index (χ1n) is 14.3. The number of rotatable bonds is 10. The summed E-state index contributed by atoms with van der Waals surface area (Å²) >= 11 is 0. The molecule has 1 N–H and O–H groups in total. The Morgan fingerprint density at radius 3 is 2.30 bits per heavy atom. The fraction of sp³-hybridized carbons (Fsp3) is 0.387. The number of benzene rings is 2. The summed E-state index contributed by atoms with van der Waals surface area (Å²) in [4.78, 5) is 36.1. The van der Waals surface area contributed by atoms with Gasteiger partial charge in [-0.05, 0) is 15.4 Å². The molecule has 0 amide bonds. The summed E-state index contributed by atoms with van der Waals surface area (Å²) in [5, 5.41) is 5.73. The first-order valence-corrected chi connectivity index (χ1v) is 16.2. The molecular weight excluding hydrogens is 562 g/mol. The van der Waals surface area contributed by atoms with Crippen LogP contribution in [0.1, 0.15) is 33.9 Å². The van der Waals surface area contributed by atoms with Crippen LogP contribution in [0.15, 0.2) is 81.9 Å². The van der Waals surface area contributed by atoms with Crippen molar-refractivity contribution in [3.8, 4) is 0 Å². The van der Waals surface area contributed by atoms with Crippen LogP contribution in [-0.4, -0.2) is 78.7 Å². The van der Waals surface area contributed by atoms with Crippen molar-refractivity contribution in [2.45, 2.75) is 51.2 Å². The Labute approximate surface area is 252 Å². The van der Waals surface area contributed by atoms with E-state index in [4.69, 9.17) is 14.0 Å². The number of nitrogens with one attached hydrogen (secondary N) is 1. The molecule has 1 aliphatic heterocycles. The van der Waals surface area contributed by atoms with E-state index in [2.05, 4.69) is 108 Å². The second-order valence-electron chi connectivity index (χ2n) is 12.0. The Balaban J connectivity index is 1.62. The largest absolute Gasteiger partial charge is 0.401 e. The molecule has 12 heteroatoms. The Kier molecular flexibility index (Phi) is 8.63. The molecule has 0 saturated carbocycles. The van der Waals surface area contributed by atoms with Gasteiger partial charge in [0.1, 0.15) is 18.9 Å². The quantitative estimate of drug-likeness (QED) is 0.128. The van der Waals surface area contributed by atoms with Gasteiger partial charge in [0.15, 0.2) is 11.2 Å². The number of fused-ring (bicyclic) bond motifs is 1. The van der Waals surface area contributed by atoms with Gasteiger partial charge in [-0.1, -0.05) is 88.4 Å². The van der Waals surface area contributed by atoms with Gasteiger partial charge in [-0.3, -0.25) is 14.3 Å². The third-order valence-electron chi connectivity index (χ3n) is 7.81. The monoisotopic (exact) mass is 601 g/mol. The van der Waals surface area contributed by atoms with E-state index in [0.717, 1.165) is 10.4 Å². The molecule has 1 saturated heterocycles. The molecule has 1 fully saturated rings. The molecule has 0 unspecified atom stereocenters. The second-order valence-corrected chi connectivity index (χ2v) is 16.3. The summed E-state index contributed by atoms with van der Waals surface area (Å²) in [7, 11) is 0.730. The van der Waals surface area contributed by atoms with E-state index in [-0.39, 0.29) is 34.6 Å². The van der Waals surface area contributed by atoms with Gasteiger partial charge in [0, 0.05) is 26.7 Å². The minimum Gasteiger partial charge on any atom is -0.401 e. The Morgan fingerprint density at radius 1 is 1.12 bits per heavy atom. The van der Waals surface area contributed by atoms with Crippen LogP contribution in [0.3, 0.4) is 0 Å². The molecule has 226 valence electrons. The first kappa shape index (κ1) is 30.3. The molecule has 1 aliphatic rings. The number of imidazole rings is 1. The number of nitrogens with zero attached hydrogens (tertiary/aromatic N) is 6. The molecule has 11 nitrogen and oxygen atoms in total. The van der Waals surface area contributed by atoms with Crippen molar-refractivity contribution >= 4 is 48.9 Å². The molecule has 0 aliphatic carbocycles. The SMILES string of the molecule is C=NOC[C@H]1O[C@@H](n2cnc3c(=O)[nH]c(/N=C/N(C)C)nc32)[C@H](C)[C@@H]1O[Si](c1ccccc1)(c1ccccc1)C(C)(C)C.